The molecule has 2 N–H and O–H groups in total. The van der Waals surface area contributed by atoms with Gasteiger partial charge < -0.3 is 19.9 Å². The van der Waals surface area contributed by atoms with E-state index in [1.807, 2.05) is 18.5 Å². The Morgan fingerprint density at radius 1 is 1.18 bits per heavy atom. The molecule has 8 heteroatoms. The first-order valence-electron chi connectivity index (χ1n) is 11.9. The summed E-state index contributed by atoms with van der Waals surface area (Å²) in [6.07, 6.45) is 4.42. The Labute approximate surface area is 197 Å². The smallest absolute Gasteiger partial charge is 0.253 e. The normalized spacial score (nSPS) is 18.1. The number of carbonyl (C=O) groups excluding carboxylic acids is 2. The van der Waals surface area contributed by atoms with Crippen molar-refractivity contribution in [1.29, 1.82) is 0 Å². The highest BCUT2D eigenvalue weighted by Gasteiger charge is 2.28. The minimum Gasteiger partial charge on any atom is -0.368 e. The number of halogens is 1. The fraction of sp³-hybridized carbons (Fsp3) is 0.423. The van der Waals surface area contributed by atoms with E-state index < -0.39 is 6.10 Å². The van der Waals surface area contributed by atoms with Crippen LogP contribution in [0.4, 0.5) is 10.1 Å². The molecule has 0 bridgehead atoms. The van der Waals surface area contributed by atoms with Crippen molar-refractivity contribution >= 4 is 28.5 Å². The fourth-order valence-corrected chi connectivity index (χ4v) is 4.73. The number of nitrogens with one attached hydrogen (secondary N) is 2. The van der Waals surface area contributed by atoms with Crippen LogP contribution in [-0.2, 0) is 23.1 Å². The third-order valence-electron chi connectivity index (χ3n) is 6.97. The maximum atomic E-state index is 13.6. The van der Waals surface area contributed by atoms with E-state index in [9.17, 15) is 14.0 Å². The lowest BCUT2D eigenvalue weighted by Gasteiger charge is -2.24. The molecule has 2 aliphatic rings. The third kappa shape index (κ3) is 4.30. The molecule has 0 unspecified atom stereocenters. The standard InChI is InChI=1S/C26H29FN4O3/c1-15-8-9-19(27)11-18(15)14-28-25(32)17-12-20-23(31(2)24(29-20)16-5-3-6-16)21(13-17)30-26(33)22-7-4-10-34-22/h8-9,11-13,16,22H,3-7,10,14H2,1-2H3,(H,28,32)(H,30,33)/t22-/m0/s1. The lowest BCUT2D eigenvalue weighted by atomic mass is 9.85. The van der Waals surface area contributed by atoms with Gasteiger partial charge in [-0.25, -0.2) is 9.37 Å². The highest BCUT2D eigenvalue weighted by atomic mass is 19.1. The molecule has 1 aromatic heterocycles. The van der Waals surface area contributed by atoms with E-state index >= 15 is 0 Å². The van der Waals surface area contributed by atoms with E-state index in [-0.39, 0.29) is 24.2 Å². The minimum absolute atomic E-state index is 0.202. The highest BCUT2D eigenvalue weighted by molar-refractivity contribution is 6.06. The van der Waals surface area contributed by atoms with Gasteiger partial charge >= 0.3 is 0 Å². The van der Waals surface area contributed by atoms with Gasteiger partial charge in [0, 0.05) is 31.7 Å². The van der Waals surface area contributed by atoms with Crippen molar-refractivity contribution in [3.63, 3.8) is 0 Å². The number of imidazole rings is 1. The van der Waals surface area contributed by atoms with Gasteiger partial charge in [0.1, 0.15) is 17.7 Å². The van der Waals surface area contributed by atoms with E-state index in [1.54, 1.807) is 18.2 Å². The Hall–Kier alpha value is -3.26. The second kappa shape index (κ2) is 9.18. The van der Waals surface area contributed by atoms with Crippen molar-refractivity contribution in [2.75, 3.05) is 11.9 Å². The zero-order valence-corrected chi connectivity index (χ0v) is 19.5. The van der Waals surface area contributed by atoms with Crippen LogP contribution in [0, 0.1) is 12.7 Å². The number of carbonyl (C=O) groups is 2. The first-order valence-corrected chi connectivity index (χ1v) is 11.9. The van der Waals surface area contributed by atoms with Gasteiger partial charge in [-0.15, -0.1) is 0 Å². The summed E-state index contributed by atoms with van der Waals surface area (Å²) >= 11 is 0. The molecule has 2 amide bonds. The average Bonchev–Trinajstić information content (AvgIpc) is 3.42. The van der Waals surface area contributed by atoms with Crippen LogP contribution in [-0.4, -0.2) is 34.1 Å². The number of ether oxygens (including phenoxy) is 1. The molecule has 7 nitrogen and oxygen atoms in total. The SMILES string of the molecule is Cc1ccc(F)cc1CNC(=O)c1cc(NC(=O)[C@@H]2CCCO2)c2c(c1)nc(C1CCC1)n2C. The van der Waals surface area contributed by atoms with Gasteiger partial charge in [-0.2, -0.15) is 0 Å². The first-order chi connectivity index (χ1) is 16.4. The number of fused-ring (bicyclic) bond motifs is 1. The summed E-state index contributed by atoms with van der Waals surface area (Å²) in [6.45, 7) is 2.65. The Kier molecular flexibility index (Phi) is 6.08. The van der Waals surface area contributed by atoms with Crippen LogP contribution >= 0.6 is 0 Å². The first kappa shape index (κ1) is 22.5. The molecule has 0 radical (unpaired) electrons. The van der Waals surface area contributed by atoms with Crippen LogP contribution in [0.2, 0.25) is 0 Å². The van der Waals surface area contributed by atoms with E-state index in [0.717, 1.165) is 36.2 Å². The molecular formula is C26H29FN4O3. The summed E-state index contributed by atoms with van der Waals surface area (Å²) in [4.78, 5) is 30.7. The van der Waals surface area contributed by atoms with Crippen molar-refractivity contribution < 1.29 is 18.7 Å². The molecule has 3 aromatic rings. The molecule has 1 aliphatic carbocycles. The van der Waals surface area contributed by atoms with E-state index in [4.69, 9.17) is 9.72 Å². The predicted molar refractivity (Wildman–Crippen MR) is 127 cm³/mol. The summed E-state index contributed by atoms with van der Waals surface area (Å²) in [5.74, 6) is 0.508. The molecule has 1 saturated carbocycles. The number of aromatic nitrogens is 2. The lowest BCUT2D eigenvalue weighted by molar-refractivity contribution is -0.124. The van der Waals surface area contributed by atoms with Crippen molar-refractivity contribution in [2.24, 2.45) is 7.05 Å². The summed E-state index contributed by atoms with van der Waals surface area (Å²) in [6, 6.07) is 7.97. The van der Waals surface area contributed by atoms with Crippen molar-refractivity contribution in [3.8, 4) is 0 Å². The third-order valence-corrected chi connectivity index (χ3v) is 6.97. The number of hydrogen-bond acceptors (Lipinski definition) is 4. The molecule has 178 valence electrons. The second-order valence-electron chi connectivity index (χ2n) is 9.29. The summed E-state index contributed by atoms with van der Waals surface area (Å²) in [5.41, 5.74) is 4.02. The van der Waals surface area contributed by atoms with Gasteiger partial charge in [0.15, 0.2) is 0 Å². The van der Waals surface area contributed by atoms with Crippen LogP contribution in [0.15, 0.2) is 30.3 Å². The Morgan fingerprint density at radius 3 is 2.71 bits per heavy atom. The van der Waals surface area contributed by atoms with Crippen molar-refractivity contribution in [1.82, 2.24) is 14.9 Å². The molecule has 1 atom stereocenters. The highest BCUT2D eigenvalue weighted by Crippen LogP contribution is 2.38. The number of aryl methyl sites for hydroxylation is 2. The summed E-state index contributed by atoms with van der Waals surface area (Å²) < 4.78 is 21.2. The van der Waals surface area contributed by atoms with Crippen molar-refractivity contribution in [2.45, 2.75) is 57.6 Å². The van der Waals surface area contributed by atoms with E-state index in [0.29, 0.717) is 41.3 Å². The van der Waals surface area contributed by atoms with Crippen LogP contribution in [0.3, 0.4) is 0 Å². The molecule has 2 fully saturated rings. The quantitative estimate of drug-likeness (QED) is 0.569. The van der Waals surface area contributed by atoms with E-state index in [2.05, 4.69) is 10.6 Å². The predicted octanol–water partition coefficient (Wildman–Crippen LogP) is 4.34. The molecule has 2 heterocycles. The molecule has 34 heavy (non-hydrogen) atoms. The zero-order chi connectivity index (χ0) is 23.8. The number of anilines is 1. The number of nitrogens with zero attached hydrogens (tertiary/aromatic N) is 2. The lowest BCUT2D eigenvalue weighted by Crippen LogP contribution is -2.28. The second-order valence-corrected chi connectivity index (χ2v) is 9.29. The summed E-state index contributed by atoms with van der Waals surface area (Å²) in [7, 11) is 1.96. The van der Waals surface area contributed by atoms with Gasteiger partial charge in [-0.1, -0.05) is 12.5 Å². The molecule has 1 aliphatic heterocycles. The molecule has 2 aromatic carbocycles. The number of amides is 2. The topological polar surface area (TPSA) is 85.2 Å². The Bertz CT molecular complexity index is 1260. The van der Waals surface area contributed by atoms with Crippen LogP contribution in [0.1, 0.15) is 65.3 Å². The minimum atomic E-state index is -0.484. The Morgan fingerprint density at radius 2 is 2.00 bits per heavy atom. The number of benzene rings is 2. The van der Waals surface area contributed by atoms with Crippen LogP contribution < -0.4 is 10.6 Å². The maximum absolute atomic E-state index is 13.6. The fourth-order valence-electron chi connectivity index (χ4n) is 4.73. The number of rotatable bonds is 6. The van der Waals surface area contributed by atoms with Crippen LogP contribution in [0.25, 0.3) is 11.0 Å². The molecular weight excluding hydrogens is 435 g/mol. The number of hydrogen-bond donors (Lipinski definition) is 2. The van der Waals surface area contributed by atoms with Gasteiger partial charge in [-0.05, 0) is 68.0 Å². The van der Waals surface area contributed by atoms with E-state index in [1.165, 1.54) is 18.6 Å². The van der Waals surface area contributed by atoms with Gasteiger partial charge in [0.05, 0.1) is 16.7 Å². The molecule has 0 spiro atoms. The largest absolute Gasteiger partial charge is 0.368 e. The van der Waals surface area contributed by atoms with Gasteiger partial charge in [0.2, 0.25) is 0 Å². The average molecular weight is 465 g/mol. The monoisotopic (exact) mass is 464 g/mol. The van der Waals surface area contributed by atoms with Crippen LogP contribution in [0.5, 0.6) is 0 Å². The van der Waals surface area contributed by atoms with Gasteiger partial charge in [-0.3, -0.25) is 9.59 Å². The molecule has 5 rings (SSSR count). The summed E-state index contributed by atoms with van der Waals surface area (Å²) in [5, 5.41) is 5.86. The molecule has 1 saturated heterocycles. The Balaban J connectivity index is 1.46. The van der Waals surface area contributed by atoms with Crippen molar-refractivity contribution in [3.05, 3.63) is 58.7 Å². The van der Waals surface area contributed by atoms with Gasteiger partial charge in [0.25, 0.3) is 11.8 Å². The maximum Gasteiger partial charge on any atom is 0.253 e. The zero-order valence-electron chi connectivity index (χ0n) is 19.5.